The monoisotopic (exact) mass is 825 g/mol. The van der Waals surface area contributed by atoms with E-state index in [9.17, 15) is 24.2 Å². The molecule has 0 aromatic heterocycles. The van der Waals surface area contributed by atoms with Crippen LogP contribution in [0.25, 0.3) is 0 Å². The number of ether oxygens (including phenoxy) is 2. The van der Waals surface area contributed by atoms with E-state index in [0.29, 0.717) is 12.8 Å². The summed E-state index contributed by atoms with van der Waals surface area (Å²) in [5.74, 6) is -1.02. The molecule has 0 aliphatic rings. The molecule has 0 fully saturated rings. The second-order valence-corrected chi connectivity index (χ2v) is 16.2. The molecule has 330 valence electrons. The smallest absolute Gasteiger partial charge is 0.462 e. The van der Waals surface area contributed by atoms with Gasteiger partial charge in [-0.25, -0.2) is 4.57 Å². The summed E-state index contributed by atoms with van der Waals surface area (Å²) < 4.78 is 32.6. The molecule has 0 amide bonds. The molecule has 1 unspecified atom stereocenters. The van der Waals surface area contributed by atoms with Crippen molar-refractivity contribution in [3.05, 3.63) is 60.8 Å². The van der Waals surface area contributed by atoms with Crippen molar-refractivity contribution in [2.24, 2.45) is 0 Å². The third-order valence-corrected chi connectivity index (χ3v) is 10.1. The summed E-state index contributed by atoms with van der Waals surface area (Å²) in [7, 11) is -4.64. The van der Waals surface area contributed by atoms with Crippen molar-refractivity contribution >= 4 is 19.8 Å². The molecule has 0 saturated heterocycles. The number of carbonyl (C=O) groups is 2. The van der Waals surface area contributed by atoms with Crippen molar-refractivity contribution in [2.75, 3.05) is 26.4 Å². The van der Waals surface area contributed by atoms with Gasteiger partial charge in [-0.05, 0) is 70.6 Å². The van der Waals surface area contributed by atoms with Crippen LogP contribution in [0, 0.1) is 0 Å². The van der Waals surface area contributed by atoms with Gasteiger partial charge in [-0.3, -0.25) is 18.6 Å². The summed E-state index contributed by atoms with van der Waals surface area (Å²) in [5.41, 5.74) is 0. The Morgan fingerprint density at radius 1 is 0.526 bits per heavy atom. The number of esters is 2. The normalized spacial score (nSPS) is 14.4. The van der Waals surface area contributed by atoms with Gasteiger partial charge in [-0.2, -0.15) is 0 Å². The molecule has 0 aromatic carbocycles. The molecule has 0 aromatic rings. The Bertz CT molecular complexity index is 1130. The average molecular weight is 825 g/mol. The van der Waals surface area contributed by atoms with Crippen LogP contribution in [0.4, 0.5) is 0 Å². The molecule has 0 aliphatic carbocycles. The molecule has 11 heteroatoms. The quantitative estimate of drug-likeness (QED) is 0.0235. The van der Waals surface area contributed by atoms with Gasteiger partial charge in [0.1, 0.15) is 12.7 Å². The van der Waals surface area contributed by atoms with Gasteiger partial charge in [0.05, 0.1) is 19.8 Å². The standard InChI is InChI=1S/C46H81O10P/c1-3-5-7-9-11-13-15-17-19-20-21-22-24-26-28-30-32-34-36-38-46(50)56-44(42-55-57(51,52)54-40-43(48)39-47)41-53-45(49)37-35-33-31-29-27-25-23-18-16-14-12-10-8-6-4-2/h11,13,17,19,21-22,26,28,31,33,43-44,47-48H,3-10,12,14-16,18,20,23-25,27,29-30,32,34-42H2,1-2H3,(H,51,52)/b13-11+,19-17+,22-21+,28-26+,33-31+/t43-,44+/m0/s1. The Balaban J connectivity index is 4.40. The first-order valence-electron chi connectivity index (χ1n) is 22.2. The Hall–Kier alpha value is -2.33. The first kappa shape index (κ1) is 54.7. The van der Waals surface area contributed by atoms with Crippen molar-refractivity contribution < 1.29 is 47.8 Å². The van der Waals surface area contributed by atoms with Gasteiger partial charge in [-0.15, -0.1) is 0 Å². The fourth-order valence-corrected chi connectivity index (χ4v) is 6.49. The number of carbonyl (C=O) groups excluding carboxylic acids is 2. The van der Waals surface area contributed by atoms with Gasteiger partial charge in [0, 0.05) is 12.8 Å². The van der Waals surface area contributed by atoms with Crippen molar-refractivity contribution in [3.63, 3.8) is 0 Å². The highest BCUT2D eigenvalue weighted by atomic mass is 31.2. The third kappa shape index (κ3) is 41.6. The molecule has 0 bridgehead atoms. The van der Waals surface area contributed by atoms with Crippen molar-refractivity contribution in [3.8, 4) is 0 Å². The number of phosphoric acid groups is 1. The fourth-order valence-electron chi connectivity index (χ4n) is 5.70. The highest BCUT2D eigenvalue weighted by Crippen LogP contribution is 2.43. The minimum Gasteiger partial charge on any atom is -0.462 e. The highest BCUT2D eigenvalue weighted by molar-refractivity contribution is 7.47. The Morgan fingerprint density at radius 2 is 0.947 bits per heavy atom. The zero-order valence-corrected chi connectivity index (χ0v) is 36.7. The van der Waals surface area contributed by atoms with Crippen molar-refractivity contribution in [1.82, 2.24) is 0 Å². The van der Waals surface area contributed by atoms with Crippen LogP contribution in [-0.2, 0) is 32.7 Å². The van der Waals surface area contributed by atoms with E-state index < -0.39 is 51.8 Å². The maximum absolute atomic E-state index is 12.6. The zero-order valence-electron chi connectivity index (χ0n) is 35.8. The van der Waals surface area contributed by atoms with Gasteiger partial charge in [0.15, 0.2) is 6.10 Å². The number of phosphoric ester groups is 1. The molecule has 0 rings (SSSR count). The average Bonchev–Trinajstić information content (AvgIpc) is 3.20. The van der Waals surface area contributed by atoms with Gasteiger partial charge in [-0.1, -0.05) is 158 Å². The summed E-state index contributed by atoms with van der Waals surface area (Å²) in [4.78, 5) is 35.0. The summed E-state index contributed by atoms with van der Waals surface area (Å²) in [5, 5.41) is 18.3. The van der Waals surface area contributed by atoms with Crippen LogP contribution in [-0.4, -0.2) is 65.7 Å². The number of unbranched alkanes of at least 4 members (excludes halogenated alkanes) is 17. The fraction of sp³-hybridized carbons (Fsp3) is 0.739. The van der Waals surface area contributed by atoms with Crippen molar-refractivity contribution in [1.29, 1.82) is 0 Å². The summed E-state index contributed by atoms with van der Waals surface area (Å²) in [6, 6.07) is 0. The topological polar surface area (TPSA) is 149 Å². The maximum atomic E-state index is 12.6. The van der Waals surface area contributed by atoms with E-state index >= 15 is 0 Å². The molecule has 57 heavy (non-hydrogen) atoms. The number of aliphatic hydroxyl groups is 2. The van der Waals surface area contributed by atoms with Gasteiger partial charge in [0.25, 0.3) is 0 Å². The van der Waals surface area contributed by atoms with Gasteiger partial charge >= 0.3 is 19.8 Å². The lowest BCUT2D eigenvalue weighted by molar-refractivity contribution is -0.161. The lowest BCUT2D eigenvalue weighted by Gasteiger charge is -2.20. The lowest BCUT2D eigenvalue weighted by Crippen LogP contribution is -2.29. The van der Waals surface area contributed by atoms with E-state index in [1.165, 1.54) is 89.9 Å². The second-order valence-electron chi connectivity index (χ2n) is 14.7. The molecule has 0 radical (unpaired) electrons. The molecule has 0 spiro atoms. The lowest BCUT2D eigenvalue weighted by atomic mass is 10.1. The van der Waals surface area contributed by atoms with E-state index in [4.69, 9.17) is 19.1 Å². The third-order valence-electron chi connectivity index (χ3n) is 9.16. The summed E-state index contributed by atoms with van der Waals surface area (Å²) in [6.07, 6.45) is 46.3. The van der Waals surface area contributed by atoms with E-state index in [1.54, 1.807) is 0 Å². The summed E-state index contributed by atoms with van der Waals surface area (Å²) in [6.45, 7) is 2.27. The predicted octanol–water partition coefficient (Wildman–Crippen LogP) is 11.9. The number of hydrogen-bond acceptors (Lipinski definition) is 9. The zero-order chi connectivity index (χ0) is 41.9. The van der Waals surface area contributed by atoms with Crippen LogP contribution >= 0.6 is 7.82 Å². The molecule has 0 aliphatic heterocycles. The maximum Gasteiger partial charge on any atom is 0.472 e. The van der Waals surface area contributed by atoms with Gasteiger partial charge in [0.2, 0.25) is 0 Å². The highest BCUT2D eigenvalue weighted by Gasteiger charge is 2.27. The van der Waals surface area contributed by atoms with Crippen LogP contribution in [0.2, 0.25) is 0 Å². The predicted molar refractivity (Wildman–Crippen MR) is 233 cm³/mol. The van der Waals surface area contributed by atoms with E-state index in [-0.39, 0.29) is 19.4 Å². The molecule has 3 N–H and O–H groups in total. The van der Waals surface area contributed by atoms with E-state index in [1.807, 2.05) is 6.08 Å². The molecule has 3 atom stereocenters. The van der Waals surface area contributed by atoms with E-state index in [2.05, 4.69) is 73.1 Å². The van der Waals surface area contributed by atoms with E-state index in [0.717, 1.165) is 51.4 Å². The van der Waals surface area contributed by atoms with Crippen LogP contribution in [0.1, 0.15) is 181 Å². The Kier molecular flexibility index (Phi) is 40.1. The van der Waals surface area contributed by atoms with Crippen LogP contribution in [0.15, 0.2) is 60.8 Å². The van der Waals surface area contributed by atoms with Crippen LogP contribution in [0.3, 0.4) is 0 Å². The van der Waals surface area contributed by atoms with Crippen LogP contribution in [0.5, 0.6) is 0 Å². The minimum atomic E-state index is -4.64. The largest absolute Gasteiger partial charge is 0.472 e. The van der Waals surface area contributed by atoms with Crippen molar-refractivity contribution in [2.45, 2.75) is 193 Å². The molecule has 10 nitrogen and oxygen atoms in total. The number of allylic oxidation sites excluding steroid dienone is 10. The number of aliphatic hydroxyl groups excluding tert-OH is 2. The minimum absolute atomic E-state index is 0.138. The number of hydrogen-bond donors (Lipinski definition) is 3. The second kappa shape index (κ2) is 41.8. The first-order chi connectivity index (χ1) is 27.7. The Morgan fingerprint density at radius 3 is 1.49 bits per heavy atom. The van der Waals surface area contributed by atoms with Crippen LogP contribution < -0.4 is 0 Å². The molecular formula is C46H81O10P. The molecular weight excluding hydrogens is 743 g/mol. The molecule has 0 saturated carbocycles. The first-order valence-corrected chi connectivity index (χ1v) is 23.7. The number of rotatable bonds is 41. The molecule has 0 heterocycles. The SMILES string of the molecule is CCCCC/C=C/C/C=C/C/C=C/C/C=C/CCCCCC(=O)O[C@H](COC(=O)CC/C=C/CCCCCCCCCCCCC)COP(=O)(O)OC[C@@H](O)CO. The Labute approximate surface area is 346 Å². The van der Waals surface area contributed by atoms with Gasteiger partial charge < -0.3 is 24.6 Å². The summed E-state index contributed by atoms with van der Waals surface area (Å²) >= 11 is 0.